The van der Waals surface area contributed by atoms with E-state index < -0.39 is 32.4 Å². The number of aromatic nitrogens is 1. The number of rotatable bonds is 14. The second-order valence-electron chi connectivity index (χ2n) is 10.7. The smallest absolute Gasteiger partial charge is 0.262 e. The van der Waals surface area contributed by atoms with Crippen LogP contribution < -0.4 is 14.8 Å². The van der Waals surface area contributed by atoms with Crippen molar-refractivity contribution >= 4 is 72.0 Å². The van der Waals surface area contributed by atoms with Gasteiger partial charge < -0.3 is 14.8 Å². The first-order chi connectivity index (χ1) is 21.0. The lowest BCUT2D eigenvalue weighted by atomic mass is 9.83. The minimum atomic E-state index is -4.28. The fraction of sp³-hybridized carbons (Fsp3) is 0.355. The number of allylic oxidation sites excluding steroid dienone is 5. The number of anilines is 1. The summed E-state index contributed by atoms with van der Waals surface area (Å²) in [5, 5.41) is 3.76. The van der Waals surface area contributed by atoms with Gasteiger partial charge in [0.15, 0.2) is 17.6 Å². The summed E-state index contributed by atoms with van der Waals surface area (Å²) in [4.78, 5) is 14.4. The van der Waals surface area contributed by atoms with Gasteiger partial charge in [0.25, 0.3) is 5.01 Å². The molecule has 3 aromatic rings. The van der Waals surface area contributed by atoms with Crippen LogP contribution in [0, 0.1) is 0 Å². The molecule has 1 aliphatic heterocycles. The van der Waals surface area contributed by atoms with Gasteiger partial charge in [-0.1, -0.05) is 55.5 Å². The molecule has 0 bridgehead atoms. The van der Waals surface area contributed by atoms with E-state index in [1.165, 1.54) is 7.11 Å². The van der Waals surface area contributed by atoms with Crippen molar-refractivity contribution in [1.29, 1.82) is 0 Å². The van der Waals surface area contributed by atoms with Crippen molar-refractivity contribution in [3.8, 4) is 0 Å². The predicted octanol–water partition coefficient (Wildman–Crippen LogP) is 4.79. The van der Waals surface area contributed by atoms with Crippen molar-refractivity contribution in [1.82, 2.24) is 5.32 Å². The molecular formula is C31H36ClN3O6S3. The van der Waals surface area contributed by atoms with Gasteiger partial charge in [-0.05, 0) is 42.3 Å². The van der Waals surface area contributed by atoms with Gasteiger partial charge in [-0.2, -0.15) is 4.57 Å². The normalized spacial score (nSPS) is 16.4. The average Bonchev–Trinajstić information content (AvgIpc) is 3.44. The van der Waals surface area contributed by atoms with Gasteiger partial charge in [-0.15, -0.1) is 11.6 Å². The van der Waals surface area contributed by atoms with Gasteiger partial charge in [-0.3, -0.25) is 8.98 Å². The number of aryl methyl sites for hydroxylation is 1. The number of para-hydroxylation sites is 1. The van der Waals surface area contributed by atoms with Crippen LogP contribution in [0.5, 0.6) is 0 Å². The first-order valence-corrected chi connectivity index (χ1v) is 18.1. The molecule has 1 unspecified atom stereocenters. The number of fused-ring (bicyclic) bond motifs is 2. The maximum Gasteiger partial charge on any atom is 0.262 e. The highest BCUT2D eigenvalue weighted by Gasteiger charge is 2.40. The molecule has 2 heterocycles. The van der Waals surface area contributed by atoms with E-state index in [2.05, 4.69) is 30.1 Å². The van der Waals surface area contributed by atoms with E-state index in [0.717, 1.165) is 32.2 Å². The van der Waals surface area contributed by atoms with Crippen molar-refractivity contribution in [2.45, 2.75) is 43.5 Å². The Morgan fingerprint density at radius 2 is 1.95 bits per heavy atom. The first kappa shape index (κ1) is 34.0. The van der Waals surface area contributed by atoms with E-state index in [1.807, 2.05) is 71.3 Å². The van der Waals surface area contributed by atoms with E-state index in [0.29, 0.717) is 31.0 Å². The Labute approximate surface area is 270 Å². The highest BCUT2D eigenvalue weighted by molar-refractivity contribution is 7.85. The lowest BCUT2D eigenvalue weighted by molar-refractivity contribution is -0.668. The van der Waals surface area contributed by atoms with Crippen molar-refractivity contribution in [2.24, 2.45) is 0 Å². The third-order valence-corrected chi connectivity index (χ3v) is 10.4. The largest absolute Gasteiger partial charge is 0.748 e. The molecule has 4 rings (SSSR count). The van der Waals surface area contributed by atoms with Crippen LogP contribution in [0.2, 0.25) is 0 Å². The Balaban J connectivity index is 1.59. The molecule has 1 aromatic heterocycles. The second-order valence-corrected chi connectivity index (χ2v) is 14.8. The molecule has 236 valence electrons. The van der Waals surface area contributed by atoms with Gasteiger partial charge in [0, 0.05) is 54.2 Å². The molecule has 0 saturated carbocycles. The zero-order chi connectivity index (χ0) is 31.9. The number of hydrogen-bond acceptors (Lipinski definition) is 8. The van der Waals surface area contributed by atoms with Crippen LogP contribution in [-0.2, 0) is 42.1 Å². The van der Waals surface area contributed by atoms with Crippen molar-refractivity contribution < 1.29 is 30.7 Å². The summed E-state index contributed by atoms with van der Waals surface area (Å²) in [6.07, 6.45) is 10.8. The lowest BCUT2D eigenvalue weighted by Crippen LogP contribution is -2.35. The highest BCUT2D eigenvalue weighted by atomic mass is 35.5. The van der Waals surface area contributed by atoms with E-state index >= 15 is 0 Å². The molecule has 44 heavy (non-hydrogen) atoms. The zero-order valence-corrected chi connectivity index (χ0v) is 28.0. The Kier molecular flexibility index (Phi) is 11.5. The summed E-state index contributed by atoms with van der Waals surface area (Å²) >= 11 is 5.65. The van der Waals surface area contributed by atoms with Crippen LogP contribution in [0.1, 0.15) is 37.3 Å². The second kappa shape index (κ2) is 14.9. The fourth-order valence-electron chi connectivity index (χ4n) is 5.26. The molecule has 0 radical (unpaired) electrons. The lowest BCUT2D eigenvalue weighted by Gasteiger charge is -2.27. The SMILES string of the molecule is COS(=O)c1ccc2c(c1)C(C)(C)/C(=C/C=C/C=C/c1sc3ccccc3[n+]1CCCS(=O)(=O)[O-])N2CCCNC(=O)CCl. The van der Waals surface area contributed by atoms with Gasteiger partial charge >= 0.3 is 0 Å². The van der Waals surface area contributed by atoms with E-state index in [-0.39, 0.29) is 18.2 Å². The standard InChI is InChI=1S/C31H36ClN3O6S3/c1-31(2)24-21-23(43(37)41-3)15-16-25(24)34(18-9-17-33-29(36)22-32)28(31)13-5-4-6-14-30-35(19-10-20-44(38,39)40)26-11-7-8-12-27(26)42-30/h4-8,11-16,21H,9-10,17-20,22H2,1-3H3,(H-,33,36,38,39,40). The molecule has 0 spiro atoms. The average molecular weight is 678 g/mol. The van der Waals surface area contributed by atoms with Gasteiger partial charge in [0.05, 0.1) is 22.1 Å². The van der Waals surface area contributed by atoms with Crippen molar-refractivity contribution in [3.63, 3.8) is 0 Å². The number of hydrogen-bond donors (Lipinski definition) is 1. The quantitative estimate of drug-likeness (QED) is 0.0857. The Bertz CT molecular complexity index is 1730. The monoisotopic (exact) mass is 677 g/mol. The topological polar surface area (TPSA) is 120 Å². The molecule has 1 N–H and O–H groups in total. The highest BCUT2D eigenvalue weighted by Crippen LogP contribution is 2.48. The molecule has 0 aliphatic carbocycles. The van der Waals surface area contributed by atoms with E-state index in [9.17, 15) is 22.0 Å². The summed E-state index contributed by atoms with van der Waals surface area (Å²) < 4.78 is 54.0. The maximum atomic E-state index is 12.4. The number of nitrogens with one attached hydrogen (secondary N) is 1. The number of alkyl halides is 1. The summed E-state index contributed by atoms with van der Waals surface area (Å²) in [6.45, 7) is 5.81. The molecule has 1 aliphatic rings. The predicted molar refractivity (Wildman–Crippen MR) is 176 cm³/mol. The van der Waals surface area contributed by atoms with Crippen LogP contribution in [0.15, 0.2) is 77.4 Å². The van der Waals surface area contributed by atoms with Crippen LogP contribution >= 0.6 is 22.9 Å². The minimum absolute atomic E-state index is 0.0774. The Morgan fingerprint density at radius 3 is 2.68 bits per heavy atom. The Morgan fingerprint density at radius 1 is 1.18 bits per heavy atom. The minimum Gasteiger partial charge on any atom is -0.748 e. The van der Waals surface area contributed by atoms with Crippen molar-refractivity contribution in [2.75, 3.05) is 36.7 Å². The van der Waals surface area contributed by atoms with Crippen LogP contribution in [-0.4, -0.2) is 54.9 Å². The van der Waals surface area contributed by atoms with E-state index in [1.54, 1.807) is 11.3 Å². The summed E-state index contributed by atoms with van der Waals surface area (Å²) in [6, 6.07) is 13.6. The number of thiazole rings is 1. The molecule has 13 heteroatoms. The summed E-state index contributed by atoms with van der Waals surface area (Å²) in [7, 11) is -2.86. The molecular weight excluding hydrogens is 642 g/mol. The molecule has 0 fully saturated rings. The van der Waals surface area contributed by atoms with Crippen LogP contribution in [0.4, 0.5) is 5.69 Å². The maximum absolute atomic E-state index is 12.4. The van der Waals surface area contributed by atoms with Gasteiger partial charge in [-0.25, -0.2) is 12.6 Å². The number of amides is 1. The molecule has 1 amide bonds. The number of carbonyl (C=O) groups is 1. The molecule has 2 aromatic carbocycles. The zero-order valence-electron chi connectivity index (χ0n) is 24.8. The first-order valence-electron chi connectivity index (χ1n) is 14.1. The van der Waals surface area contributed by atoms with Gasteiger partial charge in [0.2, 0.25) is 11.4 Å². The number of carbonyl (C=O) groups excluding carboxylic acids is 1. The third-order valence-electron chi connectivity index (χ3n) is 7.34. The molecule has 9 nitrogen and oxygen atoms in total. The summed E-state index contributed by atoms with van der Waals surface area (Å²) in [5.41, 5.74) is 3.69. The fourth-order valence-corrected chi connectivity index (χ4v) is 7.53. The van der Waals surface area contributed by atoms with Crippen LogP contribution in [0.25, 0.3) is 16.3 Å². The van der Waals surface area contributed by atoms with Crippen LogP contribution in [0.3, 0.4) is 0 Å². The molecule has 0 saturated heterocycles. The summed E-state index contributed by atoms with van der Waals surface area (Å²) in [5.74, 6) is -0.690. The number of halogens is 1. The number of benzene rings is 2. The van der Waals surface area contributed by atoms with Gasteiger partial charge in [0.1, 0.15) is 10.6 Å². The third kappa shape index (κ3) is 8.23. The molecule has 1 atom stereocenters. The van der Waals surface area contributed by atoms with E-state index in [4.69, 9.17) is 15.8 Å². The van der Waals surface area contributed by atoms with Crippen molar-refractivity contribution in [3.05, 3.63) is 83.0 Å². The number of nitrogens with zero attached hydrogens (tertiary/aromatic N) is 2. The Hall–Kier alpha value is -2.87.